The Balaban J connectivity index is 1.50. The molecule has 1 fully saturated rings. The van der Waals surface area contributed by atoms with Crippen LogP contribution >= 0.6 is 0 Å². The number of pyridine rings is 1. The number of rotatable bonds is 5. The van der Waals surface area contributed by atoms with Gasteiger partial charge < -0.3 is 20.2 Å². The van der Waals surface area contributed by atoms with Gasteiger partial charge in [0.15, 0.2) is 19.0 Å². The molecule has 0 atom stereocenters. The second kappa shape index (κ2) is 7.64. The van der Waals surface area contributed by atoms with Crippen molar-refractivity contribution in [3.05, 3.63) is 59.6 Å². The maximum atomic E-state index is 11.9. The van der Waals surface area contributed by atoms with E-state index in [9.17, 15) is 19.6 Å². The van der Waals surface area contributed by atoms with Crippen LogP contribution in [0, 0.1) is 5.21 Å². The Morgan fingerprint density at radius 2 is 1.85 bits per heavy atom. The highest BCUT2D eigenvalue weighted by molar-refractivity contribution is 5.97. The summed E-state index contributed by atoms with van der Waals surface area (Å²) in [5.41, 5.74) is 1.51. The summed E-state index contributed by atoms with van der Waals surface area (Å²) in [6.07, 6.45) is 3.74. The number of nitrogens with one attached hydrogen (secondary N) is 1. The van der Waals surface area contributed by atoms with Crippen LogP contribution in [0.4, 0.5) is 11.4 Å². The van der Waals surface area contributed by atoms with Gasteiger partial charge in [0.05, 0.1) is 5.56 Å². The van der Waals surface area contributed by atoms with Crippen molar-refractivity contribution >= 4 is 29.2 Å². The molecular formula is C18H17N3O5. The minimum Gasteiger partial charge on any atom is -0.619 e. The second-order valence-corrected chi connectivity index (χ2v) is 5.77. The van der Waals surface area contributed by atoms with E-state index in [4.69, 9.17) is 4.74 Å². The summed E-state index contributed by atoms with van der Waals surface area (Å²) in [5.74, 6) is -1.08. The van der Waals surface area contributed by atoms with Gasteiger partial charge in [0.2, 0.25) is 5.91 Å². The fourth-order valence-electron chi connectivity index (χ4n) is 2.61. The van der Waals surface area contributed by atoms with Gasteiger partial charge in [-0.25, -0.2) is 4.79 Å². The normalized spacial score (nSPS) is 13.5. The number of benzene rings is 1. The lowest BCUT2D eigenvalue weighted by Crippen LogP contribution is -2.25. The third kappa shape index (κ3) is 4.15. The van der Waals surface area contributed by atoms with Crippen molar-refractivity contribution in [1.29, 1.82) is 0 Å². The van der Waals surface area contributed by atoms with Crippen LogP contribution in [0.5, 0.6) is 0 Å². The highest BCUT2D eigenvalue weighted by Crippen LogP contribution is 2.22. The van der Waals surface area contributed by atoms with Crippen LogP contribution in [0.1, 0.15) is 23.2 Å². The molecule has 2 aromatic rings. The highest BCUT2D eigenvalue weighted by atomic mass is 16.5. The van der Waals surface area contributed by atoms with Crippen LogP contribution in [0.3, 0.4) is 0 Å². The second-order valence-electron chi connectivity index (χ2n) is 5.77. The molecule has 0 radical (unpaired) electrons. The first kappa shape index (κ1) is 17.4. The highest BCUT2D eigenvalue weighted by Gasteiger charge is 2.21. The van der Waals surface area contributed by atoms with E-state index >= 15 is 0 Å². The van der Waals surface area contributed by atoms with Gasteiger partial charge in [0, 0.05) is 36.5 Å². The molecule has 1 aromatic carbocycles. The minimum atomic E-state index is -0.691. The van der Waals surface area contributed by atoms with Crippen molar-refractivity contribution in [2.24, 2.45) is 0 Å². The molecule has 2 amide bonds. The van der Waals surface area contributed by atoms with Crippen LogP contribution in [0.2, 0.25) is 0 Å². The molecule has 1 aliphatic heterocycles. The summed E-state index contributed by atoms with van der Waals surface area (Å²) in [5, 5.41) is 13.5. The largest absolute Gasteiger partial charge is 0.619 e. The summed E-state index contributed by atoms with van der Waals surface area (Å²) in [4.78, 5) is 37.1. The van der Waals surface area contributed by atoms with E-state index in [0.29, 0.717) is 23.4 Å². The molecule has 0 aliphatic carbocycles. The zero-order chi connectivity index (χ0) is 18.5. The maximum Gasteiger partial charge on any atom is 0.339 e. The first-order valence-corrected chi connectivity index (χ1v) is 8.09. The van der Waals surface area contributed by atoms with Gasteiger partial charge in [0.1, 0.15) is 0 Å². The van der Waals surface area contributed by atoms with Crippen molar-refractivity contribution < 1.29 is 23.9 Å². The molecule has 8 nitrogen and oxygen atoms in total. The van der Waals surface area contributed by atoms with E-state index in [0.717, 1.165) is 12.1 Å². The van der Waals surface area contributed by atoms with Crippen LogP contribution in [-0.2, 0) is 14.3 Å². The zero-order valence-electron chi connectivity index (χ0n) is 13.9. The molecule has 0 bridgehead atoms. The monoisotopic (exact) mass is 355 g/mol. The summed E-state index contributed by atoms with van der Waals surface area (Å²) in [6, 6.07) is 9.51. The SMILES string of the molecule is O=C(COC(=O)c1cc[n+]([O-])cc1)Nc1ccc(N2CCCC2=O)cc1. The predicted molar refractivity (Wildman–Crippen MR) is 92.3 cm³/mol. The van der Waals surface area contributed by atoms with Gasteiger partial charge in [-0.2, -0.15) is 4.73 Å². The van der Waals surface area contributed by atoms with Crippen LogP contribution in [-0.4, -0.2) is 30.9 Å². The molecule has 26 heavy (non-hydrogen) atoms. The van der Waals surface area contributed by atoms with Crippen molar-refractivity contribution in [2.75, 3.05) is 23.4 Å². The Hall–Kier alpha value is -3.42. The molecule has 8 heteroatoms. The molecule has 1 aliphatic rings. The molecule has 134 valence electrons. The number of ether oxygens (including phenoxy) is 1. The predicted octanol–water partition coefficient (Wildman–Crippen LogP) is 1.24. The van der Waals surface area contributed by atoms with Gasteiger partial charge in [-0.05, 0) is 30.7 Å². The molecule has 3 rings (SSSR count). The summed E-state index contributed by atoms with van der Waals surface area (Å²) in [6.45, 7) is 0.254. The Morgan fingerprint density at radius 3 is 2.46 bits per heavy atom. The van der Waals surface area contributed by atoms with Crippen molar-refractivity contribution in [2.45, 2.75) is 12.8 Å². The standard InChI is InChI=1S/C18H17N3O5/c22-16(12-26-18(24)13-7-10-20(25)11-8-13)19-14-3-5-15(6-4-14)21-9-1-2-17(21)23/h3-8,10-11H,1-2,9,12H2,(H,19,22). The number of anilines is 2. The minimum absolute atomic E-state index is 0.0945. The quantitative estimate of drug-likeness (QED) is 0.494. The van der Waals surface area contributed by atoms with E-state index in [1.807, 2.05) is 0 Å². The number of hydrogen-bond acceptors (Lipinski definition) is 5. The molecular weight excluding hydrogens is 338 g/mol. The fourth-order valence-corrected chi connectivity index (χ4v) is 2.61. The number of nitrogens with zero attached hydrogens (tertiary/aromatic N) is 2. The summed E-state index contributed by atoms with van der Waals surface area (Å²) in [7, 11) is 0. The van der Waals surface area contributed by atoms with Crippen molar-refractivity contribution in [3.63, 3.8) is 0 Å². The van der Waals surface area contributed by atoms with Crippen molar-refractivity contribution in [1.82, 2.24) is 0 Å². The Kier molecular flexibility index (Phi) is 5.12. The number of carbonyl (C=O) groups is 3. The number of hydrogen-bond donors (Lipinski definition) is 1. The molecule has 0 unspecified atom stereocenters. The Labute approximate surface area is 149 Å². The maximum absolute atomic E-state index is 11.9. The molecule has 2 heterocycles. The zero-order valence-corrected chi connectivity index (χ0v) is 13.9. The van der Waals surface area contributed by atoms with Gasteiger partial charge in [0.25, 0.3) is 5.91 Å². The van der Waals surface area contributed by atoms with Crippen LogP contribution in [0.25, 0.3) is 0 Å². The first-order valence-electron chi connectivity index (χ1n) is 8.09. The van der Waals surface area contributed by atoms with Gasteiger partial charge in [-0.1, -0.05) is 0 Å². The van der Waals surface area contributed by atoms with E-state index in [1.165, 1.54) is 24.5 Å². The van der Waals surface area contributed by atoms with Gasteiger partial charge >= 0.3 is 5.97 Å². The lowest BCUT2D eigenvalue weighted by atomic mass is 10.2. The van der Waals surface area contributed by atoms with Crippen LogP contribution < -0.4 is 14.9 Å². The number of aromatic nitrogens is 1. The number of amides is 2. The molecule has 1 N–H and O–H groups in total. The van der Waals surface area contributed by atoms with Crippen molar-refractivity contribution in [3.8, 4) is 0 Å². The topological polar surface area (TPSA) is 103 Å². The number of carbonyl (C=O) groups excluding carboxylic acids is 3. The molecule has 0 spiro atoms. The van der Waals surface area contributed by atoms with E-state index in [1.54, 1.807) is 29.2 Å². The smallest absolute Gasteiger partial charge is 0.339 e. The third-order valence-corrected chi connectivity index (χ3v) is 3.91. The fraction of sp³-hybridized carbons (Fsp3) is 0.222. The van der Waals surface area contributed by atoms with E-state index < -0.39 is 18.5 Å². The summed E-state index contributed by atoms with van der Waals surface area (Å²) < 4.78 is 5.45. The Bertz CT molecular complexity index is 818. The van der Waals surface area contributed by atoms with Crippen LogP contribution in [0.15, 0.2) is 48.8 Å². The third-order valence-electron chi connectivity index (χ3n) is 3.91. The lowest BCUT2D eigenvalue weighted by molar-refractivity contribution is -0.605. The first-order chi connectivity index (χ1) is 12.5. The van der Waals surface area contributed by atoms with E-state index in [-0.39, 0.29) is 11.5 Å². The average molecular weight is 355 g/mol. The molecule has 1 saturated heterocycles. The molecule has 1 aromatic heterocycles. The van der Waals surface area contributed by atoms with Gasteiger partial charge in [-0.15, -0.1) is 0 Å². The van der Waals surface area contributed by atoms with Gasteiger partial charge in [-0.3, -0.25) is 9.59 Å². The average Bonchev–Trinajstić information content (AvgIpc) is 3.07. The van der Waals surface area contributed by atoms with E-state index in [2.05, 4.69) is 5.32 Å². The molecule has 0 saturated carbocycles. The lowest BCUT2D eigenvalue weighted by Gasteiger charge is -2.16. The number of esters is 1. The Morgan fingerprint density at radius 1 is 1.15 bits per heavy atom. The summed E-state index contributed by atoms with van der Waals surface area (Å²) >= 11 is 0.